The summed E-state index contributed by atoms with van der Waals surface area (Å²) in [5, 5.41) is 1.36. The Balaban J connectivity index is 2.00. The molecule has 0 aliphatic carbocycles. The molecule has 0 saturated carbocycles. The molecular formula is C16H11ClN2. The Bertz CT molecular complexity index is 736. The van der Waals surface area contributed by atoms with Gasteiger partial charge in [0, 0.05) is 5.39 Å². The fraction of sp³-hybridized carbons (Fsp3) is 0. The van der Waals surface area contributed by atoms with Crippen LogP contribution in [0.2, 0.25) is 5.15 Å². The first kappa shape index (κ1) is 11.9. The molecule has 3 aromatic rings. The van der Waals surface area contributed by atoms with Crippen LogP contribution in [0.25, 0.3) is 23.1 Å². The van der Waals surface area contributed by atoms with Crippen molar-refractivity contribution in [2.75, 3.05) is 0 Å². The van der Waals surface area contributed by atoms with E-state index in [1.807, 2.05) is 66.7 Å². The van der Waals surface area contributed by atoms with Gasteiger partial charge in [-0.15, -0.1) is 0 Å². The molecule has 0 bridgehead atoms. The molecule has 3 heteroatoms. The van der Waals surface area contributed by atoms with Gasteiger partial charge >= 0.3 is 0 Å². The molecule has 0 unspecified atom stereocenters. The summed E-state index contributed by atoms with van der Waals surface area (Å²) >= 11 is 6.16. The smallest absolute Gasteiger partial charge is 0.154 e. The van der Waals surface area contributed by atoms with Gasteiger partial charge in [-0.3, -0.25) is 0 Å². The van der Waals surface area contributed by atoms with Crippen molar-refractivity contribution in [1.82, 2.24) is 9.97 Å². The van der Waals surface area contributed by atoms with E-state index in [2.05, 4.69) is 9.97 Å². The molecule has 0 spiro atoms. The van der Waals surface area contributed by atoms with E-state index in [0.717, 1.165) is 16.5 Å². The number of hydrogen-bond donors (Lipinski definition) is 0. The molecular weight excluding hydrogens is 256 g/mol. The van der Waals surface area contributed by atoms with Crippen molar-refractivity contribution in [2.45, 2.75) is 0 Å². The minimum absolute atomic E-state index is 0.485. The number of hydrogen-bond acceptors (Lipinski definition) is 2. The highest BCUT2D eigenvalue weighted by molar-refractivity contribution is 6.34. The first-order valence-electron chi connectivity index (χ1n) is 5.98. The van der Waals surface area contributed by atoms with Crippen LogP contribution in [0.15, 0.2) is 54.6 Å². The maximum Gasteiger partial charge on any atom is 0.154 e. The summed E-state index contributed by atoms with van der Waals surface area (Å²) in [6, 6.07) is 17.7. The van der Waals surface area contributed by atoms with E-state index in [0.29, 0.717) is 11.0 Å². The fourth-order valence-electron chi connectivity index (χ4n) is 1.86. The lowest BCUT2D eigenvalue weighted by Crippen LogP contribution is -1.90. The number of aromatic nitrogens is 2. The second-order valence-electron chi connectivity index (χ2n) is 4.13. The number of fused-ring (bicyclic) bond motifs is 1. The molecule has 0 atom stereocenters. The Morgan fingerprint density at radius 1 is 0.789 bits per heavy atom. The van der Waals surface area contributed by atoms with Gasteiger partial charge in [0.15, 0.2) is 5.82 Å². The van der Waals surface area contributed by atoms with Gasteiger partial charge in [0.05, 0.1) is 5.52 Å². The monoisotopic (exact) mass is 266 g/mol. The van der Waals surface area contributed by atoms with Crippen LogP contribution in [-0.4, -0.2) is 9.97 Å². The molecule has 92 valence electrons. The van der Waals surface area contributed by atoms with E-state index >= 15 is 0 Å². The van der Waals surface area contributed by atoms with Crippen LogP contribution in [0.3, 0.4) is 0 Å². The molecule has 0 fully saturated rings. The van der Waals surface area contributed by atoms with E-state index in [9.17, 15) is 0 Å². The highest BCUT2D eigenvalue weighted by atomic mass is 35.5. The van der Waals surface area contributed by atoms with Crippen LogP contribution in [-0.2, 0) is 0 Å². The summed E-state index contributed by atoms with van der Waals surface area (Å²) in [7, 11) is 0. The molecule has 0 amide bonds. The third-order valence-electron chi connectivity index (χ3n) is 2.80. The van der Waals surface area contributed by atoms with Crippen LogP contribution in [0.1, 0.15) is 11.4 Å². The van der Waals surface area contributed by atoms with Crippen molar-refractivity contribution in [3.05, 3.63) is 71.1 Å². The SMILES string of the molecule is Clc1nc(C=Cc2ccccc2)nc2ccccc12. The van der Waals surface area contributed by atoms with Gasteiger partial charge in [-0.1, -0.05) is 60.1 Å². The Kier molecular flexibility index (Phi) is 3.25. The van der Waals surface area contributed by atoms with Crippen molar-refractivity contribution in [3.8, 4) is 0 Å². The highest BCUT2D eigenvalue weighted by Crippen LogP contribution is 2.20. The van der Waals surface area contributed by atoms with Crippen molar-refractivity contribution in [1.29, 1.82) is 0 Å². The number of rotatable bonds is 2. The Morgan fingerprint density at radius 3 is 2.37 bits per heavy atom. The Morgan fingerprint density at radius 2 is 1.53 bits per heavy atom. The van der Waals surface area contributed by atoms with E-state index < -0.39 is 0 Å². The standard InChI is InChI=1S/C16H11ClN2/c17-16-13-8-4-5-9-14(13)18-15(19-16)11-10-12-6-2-1-3-7-12/h1-11H. The zero-order valence-corrected chi connectivity index (χ0v) is 10.9. The average molecular weight is 267 g/mol. The first-order valence-corrected chi connectivity index (χ1v) is 6.36. The molecule has 3 rings (SSSR count). The first-order chi connectivity index (χ1) is 9.33. The predicted octanol–water partition coefficient (Wildman–Crippen LogP) is 4.45. The van der Waals surface area contributed by atoms with E-state index in [1.54, 1.807) is 0 Å². The number of halogens is 1. The van der Waals surface area contributed by atoms with E-state index in [4.69, 9.17) is 11.6 Å². The van der Waals surface area contributed by atoms with Gasteiger partial charge in [-0.05, 0) is 23.8 Å². The summed E-state index contributed by atoms with van der Waals surface area (Å²) in [4.78, 5) is 8.75. The van der Waals surface area contributed by atoms with Gasteiger partial charge in [-0.25, -0.2) is 9.97 Å². The van der Waals surface area contributed by atoms with Crippen molar-refractivity contribution >= 4 is 34.7 Å². The average Bonchev–Trinajstić information content (AvgIpc) is 2.46. The zero-order valence-electron chi connectivity index (χ0n) is 10.1. The highest BCUT2D eigenvalue weighted by Gasteiger charge is 2.02. The normalized spacial score (nSPS) is 11.2. The molecule has 1 aromatic heterocycles. The summed E-state index contributed by atoms with van der Waals surface area (Å²) in [5.74, 6) is 0.618. The summed E-state index contributed by atoms with van der Waals surface area (Å²) in [6.45, 7) is 0. The molecule has 19 heavy (non-hydrogen) atoms. The van der Waals surface area contributed by atoms with Crippen molar-refractivity contribution in [3.63, 3.8) is 0 Å². The largest absolute Gasteiger partial charge is 0.229 e. The van der Waals surface area contributed by atoms with Gasteiger partial charge < -0.3 is 0 Å². The van der Waals surface area contributed by atoms with Crippen LogP contribution >= 0.6 is 11.6 Å². The molecule has 0 aliphatic heterocycles. The summed E-state index contributed by atoms with van der Waals surface area (Å²) < 4.78 is 0. The van der Waals surface area contributed by atoms with Gasteiger partial charge in [0.25, 0.3) is 0 Å². The van der Waals surface area contributed by atoms with E-state index in [1.165, 1.54) is 0 Å². The molecule has 0 N–H and O–H groups in total. The molecule has 0 radical (unpaired) electrons. The number of nitrogens with zero attached hydrogens (tertiary/aromatic N) is 2. The fourth-order valence-corrected chi connectivity index (χ4v) is 2.11. The minimum Gasteiger partial charge on any atom is -0.229 e. The van der Waals surface area contributed by atoms with Crippen LogP contribution in [0.4, 0.5) is 0 Å². The number of benzene rings is 2. The predicted molar refractivity (Wildman–Crippen MR) is 79.9 cm³/mol. The summed E-state index contributed by atoms with van der Waals surface area (Å²) in [5.41, 5.74) is 1.96. The third-order valence-corrected chi connectivity index (χ3v) is 3.09. The molecule has 1 heterocycles. The van der Waals surface area contributed by atoms with Crippen LogP contribution < -0.4 is 0 Å². The molecule has 0 saturated heterocycles. The minimum atomic E-state index is 0.485. The van der Waals surface area contributed by atoms with Crippen LogP contribution in [0, 0.1) is 0 Å². The quantitative estimate of drug-likeness (QED) is 0.640. The van der Waals surface area contributed by atoms with Crippen molar-refractivity contribution in [2.24, 2.45) is 0 Å². The second-order valence-corrected chi connectivity index (χ2v) is 4.49. The lowest BCUT2D eigenvalue weighted by molar-refractivity contribution is 1.19. The van der Waals surface area contributed by atoms with Crippen LogP contribution in [0.5, 0.6) is 0 Å². The lowest BCUT2D eigenvalue weighted by atomic mass is 10.2. The zero-order chi connectivity index (χ0) is 13.1. The topological polar surface area (TPSA) is 25.8 Å². The lowest BCUT2D eigenvalue weighted by Gasteiger charge is -2.00. The van der Waals surface area contributed by atoms with E-state index in [-0.39, 0.29) is 0 Å². The Labute approximate surface area is 116 Å². The van der Waals surface area contributed by atoms with Gasteiger partial charge in [0.1, 0.15) is 5.15 Å². The maximum atomic E-state index is 6.16. The Hall–Kier alpha value is -2.19. The molecule has 0 aliphatic rings. The second kappa shape index (κ2) is 5.21. The summed E-state index contributed by atoms with van der Waals surface area (Å²) in [6.07, 6.45) is 3.84. The van der Waals surface area contributed by atoms with Crippen molar-refractivity contribution < 1.29 is 0 Å². The van der Waals surface area contributed by atoms with Gasteiger partial charge in [-0.2, -0.15) is 0 Å². The molecule has 2 nitrogen and oxygen atoms in total. The maximum absolute atomic E-state index is 6.16. The third kappa shape index (κ3) is 2.64. The molecule has 2 aromatic carbocycles. The van der Waals surface area contributed by atoms with Gasteiger partial charge in [0.2, 0.25) is 0 Å². The number of para-hydroxylation sites is 1.